The smallest absolute Gasteiger partial charge is 0.0835 e. The van der Waals surface area contributed by atoms with E-state index in [9.17, 15) is 8.78 Å². The molecule has 15 heavy (non-hydrogen) atoms. The van der Waals surface area contributed by atoms with Gasteiger partial charge in [0.1, 0.15) is 0 Å². The van der Waals surface area contributed by atoms with Crippen LogP contribution in [0.1, 0.15) is 0 Å². The van der Waals surface area contributed by atoms with Gasteiger partial charge in [0.25, 0.3) is 0 Å². The summed E-state index contributed by atoms with van der Waals surface area (Å²) in [4.78, 5) is 3.95. The van der Waals surface area contributed by atoms with Gasteiger partial charge in [-0.3, -0.25) is 13.8 Å². The van der Waals surface area contributed by atoms with Gasteiger partial charge in [-0.1, -0.05) is 11.6 Å². The summed E-state index contributed by atoms with van der Waals surface area (Å²) in [6.45, 7) is 0. The van der Waals surface area contributed by atoms with Gasteiger partial charge < -0.3 is 4.57 Å². The van der Waals surface area contributed by atoms with E-state index in [0.29, 0.717) is 5.69 Å². The van der Waals surface area contributed by atoms with Crippen LogP contribution in [0, 0.1) is 17.7 Å². The monoisotopic (exact) mass is 386 g/mol. The van der Waals surface area contributed by atoms with Gasteiger partial charge in [-0.15, -0.1) is 12.1 Å². The molecule has 81 valence electrons. The van der Waals surface area contributed by atoms with E-state index < -0.39 is 11.6 Å². The average Bonchev–Trinajstić information content (AvgIpc) is 2.51. The van der Waals surface area contributed by atoms with E-state index in [0.717, 1.165) is 12.1 Å². The van der Waals surface area contributed by atoms with Crippen molar-refractivity contribution < 1.29 is 28.9 Å². The Morgan fingerprint density at radius 2 is 2.13 bits per heavy atom. The number of rotatable bonds is 1. The number of hydrogen-bond acceptors (Lipinski definition) is 1. The molecule has 0 aliphatic rings. The molecule has 0 saturated carbocycles. The fourth-order valence-electron chi connectivity index (χ4n) is 1.18. The van der Waals surface area contributed by atoms with Gasteiger partial charge in [0.05, 0.1) is 6.33 Å². The van der Waals surface area contributed by atoms with Crippen molar-refractivity contribution in [2.45, 2.75) is 0 Å². The molecule has 0 N–H and O–H groups in total. The van der Waals surface area contributed by atoms with Crippen molar-refractivity contribution in [3.63, 3.8) is 0 Å². The Morgan fingerprint density at radius 1 is 1.40 bits per heavy atom. The molecule has 2 aromatic rings. The molecule has 0 spiro atoms. The predicted molar refractivity (Wildman–Crippen MR) is 47.4 cm³/mol. The fraction of sp³-hybridized carbons (Fsp3) is 0.100. The third kappa shape index (κ3) is 2.49. The molecule has 0 saturated heterocycles. The van der Waals surface area contributed by atoms with Crippen LogP contribution in [0.4, 0.5) is 8.78 Å². The molecular formula is C10H7F2IrN2-. The van der Waals surface area contributed by atoms with E-state index in [2.05, 4.69) is 11.1 Å². The molecule has 5 heteroatoms. The summed E-state index contributed by atoms with van der Waals surface area (Å²) in [6, 6.07) is 4.42. The Kier molecular flexibility index (Phi) is 3.71. The Balaban J connectivity index is 0.00000112. The minimum Gasteiger partial charge on any atom is -0.350 e. The van der Waals surface area contributed by atoms with Gasteiger partial charge in [0, 0.05) is 44.5 Å². The van der Waals surface area contributed by atoms with Gasteiger partial charge in [0.15, 0.2) is 0 Å². The average molecular weight is 385 g/mol. The van der Waals surface area contributed by atoms with Crippen LogP contribution in [-0.4, -0.2) is 9.55 Å². The molecule has 0 atom stereocenters. The normalized spacial score (nSPS) is 9.80. The first-order valence-corrected chi connectivity index (χ1v) is 4.02. The SMILES string of the molecule is Cn1cnc(-c2[c-]cc(F)cc2F)c1.[Ir]. The van der Waals surface area contributed by atoms with Crippen LogP contribution in [-0.2, 0) is 27.2 Å². The van der Waals surface area contributed by atoms with Crippen LogP contribution < -0.4 is 0 Å². The Labute approximate surface area is 99.3 Å². The minimum absolute atomic E-state index is 0. The number of hydrogen-bond donors (Lipinski definition) is 0. The molecule has 0 unspecified atom stereocenters. The van der Waals surface area contributed by atoms with E-state index in [4.69, 9.17) is 0 Å². The Hall–Kier alpha value is -1.06. The Bertz CT molecular complexity index is 468. The summed E-state index contributed by atoms with van der Waals surface area (Å²) in [5, 5.41) is 0. The number of aryl methyl sites for hydroxylation is 1. The van der Waals surface area contributed by atoms with E-state index >= 15 is 0 Å². The van der Waals surface area contributed by atoms with E-state index in [1.54, 1.807) is 24.1 Å². The second-order valence-corrected chi connectivity index (χ2v) is 2.97. The number of benzene rings is 1. The summed E-state index contributed by atoms with van der Waals surface area (Å²) in [6.07, 6.45) is 3.19. The zero-order valence-electron chi connectivity index (χ0n) is 7.79. The second kappa shape index (κ2) is 4.64. The topological polar surface area (TPSA) is 17.8 Å². The fourth-order valence-corrected chi connectivity index (χ4v) is 1.18. The molecule has 1 radical (unpaired) electrons. The van der Waals surface area contributed by atoms with E-state index in [1.807, 2.05) is 0 Å². The van der Waals surface area contributed by atoms with Gasteiger partial charge in [-0.2, -0.15) is 0 Å². The van der Waals surface area contributed by atoms with Crippen LogP contribution in [0.5, 0.6) is 0 Å². The molecule has 0 fully saturated rings. The van der Waals surface area contributed by atoms with Crippen LogP contribution in [0.15, 0.2) is 24.7 Å². The molecule has 1 heterocycles. The maximum absolute atomic E-state index is 13.2. The van der Waals surface area contributed by atoms with Gasteiger partial charge in [-0.05, 0) is 6.20 Å². The van der Waals surface area contributed by atoms with Crippen molar-refractivity contribution in [2.75, 3.05) is 0 Å². The summed E-state index contributed by atoms with van der Waals surface area (Å²) >= 11 is 0. The largest absolute Gasteiger partial charge is 0.350 e. The van der Waals surface area contributed by atoms with Gasteiger partial charge in [-0.25, -0.2) is 0 Å². The summed E-state index contributed by atoms with van der Waals surface area (Å²) in [5.74, 6) is -1.29. The molecule has 0 bridgehead atoms. The van der Waals surface area contributed by atoms with Crippen molar-refractivity contribution in [3.05, 3.63) is 42.4 Å². The first-order valence-electron chi connectivity index (χ1n) is 4.02. The molecule has 1 aromatic heterocycles. The van der Waals surface area contributed by atoms with Crippen LogP contribution in [0.3, 0.4) is 0 Å². The van der Waals surface area contributed by atoms with E-state index in [1.165, 1.54) is 0 Å². The second-order valence-electron chi connectivity index (χ2n) is 2.97. The molecule has 0 aliphatic carbocycles. The first kappa shape index (κ1) is 12.0. The third-order valence-electron chi connectivity index (χ3n) is 1.82. The number of imidazole rings is 1. The minimum atomic E-state index is -0.649. The van der Waals surface area contributed by atoms with Crippen LogP contribution >= 0.6 is 0 Å². The van der Waals surface area contributed by atoms with Crippen molar-refractivity contribution in [1.29, 1.82) is 0 Å². The number of nitrogens with zero attached hydrogens (tertiary/aromatic N) is 2. The number of aromatic nitrogens is 2. The molecule has 2 rings (SSSR count). The standard InChI is InChI=1S/C10H7F2N2.Ir/c1-14-5-10(13-6-14)8-3-2-7(11)4-9(8)12;/h2,4-6H,1H3;/q-1;. The third-order valence-corrected chi connectivity index (χ3v) is 1.82. The zero-order valence-corrected chi connectivity index (χ0v) is 10.2. The molecule has 0 aliphatic heterocycles. The predicted octanol–water partition coefficient (Wildman–Crippen LogP) is 2.16. The summed E-state index contributed by atoms with van der Waals surface area (Å²) < 4.78 is 27.5. The molecular weight excluding hydrogens is 378 g/mol. The molecule has 0 amide bonds. The van der Waals surface area contributed by atoms with Gasteiger partial charge >= 0.3 is 0 Å². The zero-order chi connectivity index (χ0) is 10.1. The van der Waals surface area contributed by atoms with Crippen molar-refractivity contribution in [3.8, 4) is 11.3 Å². The van der Waals surface area contributed by atoms with Crippen molar-refractivity contribution in [2.24, 2.45) is 7.05 Å². The maximum Gasteiger partial charge on any atom is 0.0835 e. The molecule has 1 aromatic carbocycles. The first-order chi connectivity index (χ1) is 6.66. The quantitative estimate of drug-likeness (QED) is 0.688. The van der Waals surface area contributed by atoms with Crippen LogP contribution in [0.2, 0.25) is 0 Å². The van der Waals surface area contributed by atoms with Crippen LogP contribution in [0.25, 0.3) is 11.3 Å². The summed E-state index contributed by atoms with van der Waals surface area (Å²) in [5.41, 5.74) is 0.636. The molecule has 2 nitrogen and oxygen atoms in total. The number of halogens is 2. The van der Waals surface area contributed by atoms with Crippen molar-refractivity contribution in [1.82, 2.24) is 9.55 Å². The van der Waals surface area contributed by atoms with E-state index in [-0.39, 0.29) is 25.7 Å². The summed E-state index contributed by atoms with van der Waals surface area (Å²) in [7, 11) is 1.78. The van der Waals surface area contributed by atoms with Gasteiger partial charge in [0.2, 0.25) is 0 Å². The Morgan fingerprint density at radius 3 is 2.67 bits per heavy atom. The van der Waals surface area contributed by atoms with Crippen molar-refractivity contribution >= 4 is 0 Å². The maximum atomic E-state index is 13.2.